The average Bonchev–Trinajstić information content (AvgIpc) is 2.75. The number of anilines is 2. The zero-order valence-corrected chi connectivity index (χ0v) is 18.0. The SMILES string of the molecule is CN(CC(=O)Nc1ccc(Cl)c(C(F)(F)F)c1)C(=O)c1ccc(N2NC(=O)CCC2=O)cc1. The zero-order valence-electron chi connectivity index (χ0n) is 17.2. The third-order valence-corrected chi connectivity index (χ3v) is 5.04. The van der Waals surface area contributed by atoms with Gasteiger partial charge in [-0.2, -0.15) is 13.2 Å². The third-order valence-electron chi connectivity index (χ3n) is 4.71. The van der Waals surface area contributed by atoms with E-state index >= 15 is 0 Å². The van der Waals surface area contributed by atoms with Crippen molar-refractivity contribution in [3.05, 3.63) is 58.6 Å². The highest BCUT2D eigenvalue weighted by atomic mass is 35.5. The molecular formula is C21H18ClF3N4O4. The molecule has 0 bridgehead atoms. The van der Waals surface area contributed by atoms with E-state index in [9.17, 15) is 32.3 Å². The molecule has 174 valence electrons. The van der Waals surface area contributed by atoms with Gasteiger partial charge in [0.05, 0.1) is 22.8 Å². The molecule has 2 aromatic carbocycles. The first-order valence-electron chi connectivity index (χ1n) is 9.60. The van der Waals surface area contributed by atoms with Gasteiger partial charge in [0.1, 0.15) is 0 Å². The normalized spacial score (nSPS) is 14.0. The molecule has 33 heavy (non-hydrogen) atoms. The molecule has 0 saturated carbocycles. The fraction of sp³-hybridized carbons (Fsp3) is 0.238. The van der Waals surface area contributed by atoms with E-state index in [0.29, 0.717) is 11.8 Å². The van der Waals surface area contributed by atoms with Crippen molar-refractivity contribution in [1.29, 1.82) is 0 Å². The molecule has 4 amide bonds. The summed E-state index contributed by atoms with van der Waals surface area (Å²) in [5, 5.41) is 2.90. The molecule has 1 aliphatic heterocycles. The Morgan fingerprint density at radius 1 is 1.12 bits per heavy atom. The second-order valence-corrected chi connectivity index (χ2v) is 7.62. The molecule has 8 nitrogen and oxygen atoms in total. The molecule has 0 aromatic heterocycles. The molecule has 1 fully saturated rings. The van der Waals surface area contributed by atoms with Gasteiger partial charge in [-0.25, -0.2) is 5.01 Å². The predicted octanol–water partition coefficient (Wildman–Crippen LogP) is 3.23. The van der Waals surface area contributed by atoms with Gasteiger partial charge in [0.25, 0.3) is 5.91 Å². The van der Waals surface area contributed by atoms with Crippen LogP contribution in [0.15, 0.2) is 42.5 Å². The van der Waals surface area contributed by atoms with Crippen LogP contribution in [0, 0.1) is 0 Å². The lowest BCUT2D eigenvalue weighted by Crippen LogP contribution is -2.50. The summed E-state index contributed by atoms with van der Waals surface area (Å²) < 4.78 is 38.9. The van der Waals surface area contributed by atoms with Crippen LogP contribution in [0.3, 0.4) is 0 Å². The fourth-order valence-corrected chi connectivity index (χ4v) is 3.29. The van der Waals surface area contributed by atoms with E-state index in [1.165, 1.54) is 37.4 Å². The number of likely N-dealkylation sites (N-methyl/N-ethyl adjacent to an activating group) is 1. The highest BCUT2D eigenvalue weighted by Gasteiger charge is 2.33. The number of carbonyl (C=O) groups is 4. The standard InChI is InChI=1S/C21H18ClF3N4O4/c1-28(11-18(31)26-13-4-7-16(22)15(10-13)21(23,24)25)20(33)12-2-5-14(6-3-12)29-19(32)9-8-17(30)27-29/h2-7,10H,8-9,11H2,1H3,(H,26,31)(H,27,30). The first kappa shape index (κ1) is 24.1. The number of nitrogens with zero attached hydrogens (tertiary/aromatic N) is 2. The number of halogens is 4. The quantitative estimate of drug-likeness (QED) is 0.683. The lowest BCUT2D eigenvalue weighted by molar-refractivity contribution is -0.137. The van der Waals surface area contributed by atoms with E-state index in [4.69, 9.17) is 11.6 Å². The van der Waals surface area contributed by atoms with Crippen molar-refractivity contribution < 1.29 is 32.3 Å². The van der Waals surface area contributed by atoms with E-state index < -0.39 is 35.1 Å². The highest BCUT2D eigenvalue weighted by Crippen LogP contribution is 2.36. The van der Waals surface area contributed by atoms with Gasteiger partial charge in [-0.05, 0) is 42.5 Å². The first-order chi connectivity index (χ1) is 15.5. The predicted molar refractivity (Wildman–Crippen MR) is 113 cm³/mol. The van der Waals surface area contributed by atoms with Crippen molar-refractivity contribution in [2.24, 2.45) is 0 Å². The van der Waals surface area contributed by atoms with Crippen molar-refractivity contribution in [3.8, 4) is 0 Å². The Morgan fingerprint density at radius 3 is 2.42 bits per heavy atom. The summed E-state index contributed by atoms with van der Waals surface area (Å²) in [4.78, 5) is 49.4. The van der Waals surface area contributed by atoms with Crippen LogP contribution in [0.1, 0.15) is 28.8 Å². The van der Waals surface area contributed by atoms with Gasteiger partial charge in [-0.3, -0.25) is 24.6 Å². The summed E-state index contributed by atoms with van der Waals surface area (Å²) in [6.07, 6.45) is -4.51. The van der Waals surface area contributed by atoms with Crippen LogP contribution in [0.25, 0.3) is 0 Å². The molecule has 12 heteroatoms. The Kier molecular flexibility index (Phi) is 6.92. The van der Waals surface area contributed by atoms with Gasteiger partial charge in [0.2, 0.25) is 17.7 Å². The average molecular weight is 483 g/mol. The monoisotopic (exact) mass is 482 g/mol. The lowest BCUT2D eigenvalue weighted by atomic mass is 10.1. The minimum absolute atomic E-state index is 0.0719. The number of hydrazine groups is 1. The van der Waals surface area contributed by atoms with Crippen LogP contribution in [-0.4, -0.2) is 42.1 Å². The van der Waals surface area contributed by atoms with E-state index in [1.807, 2.05) is 0 Å². The molecule has 3 rings (SSSR count). The summed E-state index contributed by atoms with van der Waals surface area (Å²) in [7, 11) is 1.35. The van der Waals surface area contributed by atoms with Crippen molar-refractivity contribution in [2.75, 3.05) is 23.9 Å². The molecule has 1 heterocycles. The second-order valence-electron chi connectivity index (χ2n) is 7.21. The van der Waals surface area contributed by atoms with Gasteiger partial charge >= 0.3 is 6.18 Å². The summed E-state index contributed by atoms with van der Waals surface area (Å²) >= 11 is 5.56. The number of hydrogen-bond acceptors (Lipinski definition) is 4. The Morgan fingerprint density at radius 2 is 1.79 bits per heavy atom. The number of carbonyl (C=O) groups excluding carboxylic acids is 4. The minimum Gasteiger partial charge on any atom is -0.332 e. The molecule has 1 aliphatic rings. The van der Waals surface area contributed by atoms with E-state index in [2.05, 4.69) is 10.7 Å². The molecule has 2 aromatic rings. The number of benzene rings is 2. The number of amides is 4. The maximum Gasteiger partial charge on any atom is 0.417 e. The zero-order chi connectivity index (χ0) is 24.3. The molecule has 0 unspecified atom stereocenters. The summed E-state index contributed by atoms with van der Waals surface area (Å²) in [5.74, 6) is -1.83. The van der Waals surface area contributed by atoms with Gasteiger partial charge in [0.15, 0.2) is 0 Å². The second kappa shape index (κ2) is 9.49. The smallest absolute Gasteiger partial charge is 0.332 e. The van der Waals surface area contributed by atoms with Gasteiger partial charge < -0.3 is 10.2 Å². The topological polar surface area (TPSA) is 98.8 Å². The van der Waals surface area contributed by atoms with Crippen LogP contribution in [-0.2, 0) is 20.6 Å². The van der Waals surface area contributed by atoms with Gasteiger partial charge in [-0.15, -0.1) is 0 Å². The van der Waals surface area contributed by atoms with Crippen molar-refractivity contribution in [3.63, 3.8) is 0 Å². The Labute approximate surface area is 191 Å². The summed E-state index contributed by atoms with van der Waals surface area (Å²) in [6.45, 7) is -0.425. The summed E-state index contributed by atoms with van der Waals surface area (Å²) in [6, 6.07) is 8.74. The van der Waals surface area contributed by atoms with Crippen LogP contribution in [0.2, 0.25) is 5.02 Å². The number of nitrogens with one attached hydrogen (secondary N) is 2. The van der Waals surface area contributed by atoms with Crippen LogP contribution < -0.4 is 15.8 Å². The summed E-state index contributed by atoms with van der Waals surface area (Å²) in [5.41, 5.74) is 1.81. The minimum atomic E-state index is -4.68. The van der Waals surface area contributed by atoms with Gasteiger partial charge in [-0.1, -0.05) is 11.6 Å². The fourth-order valence-electron chi connectivity index (χ4n) is 3.07. The van der Waals surface area contributed by atoms with E-state index in [1.54, 1.807) is 0 Å². The molecule has 2 N–H and O–H groups in total. The largest absolute Gasteiger partial charge is 0.417 e. The lowest BCUT2D eigenvalue weighted by Gasteiger charge is -2.27. The molecule has 0 atom stereocenters. The molecule has 0 aliphatic carbocycles. The molecule has 1 saturated heterocycles. The van der Waals surface area contributed by atoms with Crippen molar-refractivity contribution in [2.45, 2.75) is 19.0 Å². The number of rotatable bonds is 5. The van der Waals surface area contributed by atoms with Crippen molar-refractivity contribution >= 4 is 46.6 Å². The maximum atomic E-state index is 13.0. The van der Waals surface area contributed by atoms with E-state index in [0.717, 1.165) is 16.0 Å². The van der Waals surface area contributed by atoms with Crippen molar-refractivity contribution in [1.82, 2.24) is 10.3 Å². The maximum absolute atomic E-state index is 13.0. The van der Waals surface area contributed by atoms with Crippen LogP contribution >= 0.6 is 11.6 Å². The number of hydrogen-bond donors (Lipinski definition) is 2. The van der Waals surface area contributed by atoms with Gasteiger partial charge in [0, 0.05) is 31.1 Å². The molecular weight excluding hydrogens is 465 g/mol. The van der Waals surface area contributed by atoms with Crippen LogP contribution in [0.4, 0.5) is 24.5 Å². The van der Waals surface area contributed by atoms with E-state index in [-0.39, 0.29) is 35.9 Å². The molecule has 0 spiro atoms. The van der Waals surface area contributed by atoms with Crippen LogP contribution in [0.5, 0.6) is 0 Å². The highest BCUT2D eigenvalue weighted by molar-refractivity contribution is 6.31. The number of alkyl halides is 3. The first-order valence-corrected chi connectivity index (χ1v) is 9.98. The molecule has 0 radical (unpaired) electrons. The Balaban J connectivity index is 1.63. The third kappa shape index (κ3) is 5.80. The Hall–Kier alpha value is -3.60. The Bertz CT molecular complexity index is 1110.